The summed E-state index contributed by atoms with van der Waals surface area (Å²) < 4.78 is 23.6. The maximum atomic E-state index is 12.9. The van der Waals surface area contributed by atoms with Crippen LogP contribution in [-0.2, 0) is 11.3 Å². The number of aliphatic hydroxyl groups is 1. The number of methoxy groups -OCH3 is 1. The largest absolute Gasteiger partial charge is 0.439 e. The van der Waals surface area contributed by atoms with Gasteiger partial charge in [-0.05, 0) is 24.3 Å². The van der Waals surface area contributed by atoms with E-state index < -0.39 is 0 Å². The lowest BCUT2D eigenvalue weighted by Gasteiger charge is -2.18. The highest BCUT2D eigenvalue weighted by Gasteiger charge is 2.11. The van der Waals surface area contributed by atoms with Crippen molar-refractivity contribution in [2.75, 3.05) is 33.4 Å². The van der Waals surface area contributed by atoms with Crippen molar-refractivity contribution in [1.29, 1.82) is 0 Å². The van der Waals surface area contributed by atoms with Gasteiger partial charge in [-0.25, -0.2) is 9.37 Å². The Morgan fingerprint density at radius 3 is 2.71 bits per heavy atom. The van der Waals surface area contributed by atoms with Crippen LogP contribution in [0.4, 0.5) is 4.39 Å². The predicted octanol–water partition coefficient (Wildman–Crippen LogP) is 1.92. The van der Waals surface area contributed by atoms with Crippen molar-refractivity contribution < 1.29 is 18.7 Å². The van der Waals surface area contributed by atoms with Crippen LogP contribution in [-0.4, -0.2) is 48.4 Å². The van der Waals surface area contributed by atoms with E-state index in [2.05, 4.69) is 4.98 Å². The van der Waals surface area contributed by atoms with Crippen molar-refractivity contribution in [1.82, 2.24) is 9.88 Å². The van der Waals surface area contributed by atoms with Crippen molar-refractivity contribution in [2.24, 2.45) is 0 Å². The first-order valence-electron chi connectivity index (χ1n) is 6.75. The number of oxazole rings is 1. The van der Waals surface area contributed by atoms with Crippen molar-refractivity contribution >= 4 is 0 Å². The fourth-order valence-corrected chi connectivity index (χ4v) is 1.95. The topological polar surface area (TPSA) is 58.7 Å². The van der Waals surface area contributed by atoms with Crippen molar-refractivity contribution in [3.8, 4) is 11.3 Å². The second-order valence-corrected chi connectivity index (χ2v) is 4.62. The van der Waals surface area contributed by atoms with Crippen LogP contribution >= 0.6 is 0 Å². The molecule has 0 saturated carbocycles. The van der Waals surface area contributed by atoms with Crippen LogP contribution in [0, 0.1) is 5.82 Å². The molecule has 1 aromatic carbocycles. The molecule has 1 heterocycles. The summed E-state index contributed by atoms with van der Waals surface area (Å²) in [5, 5.41) is 9.05. The van der Waals surface area contributed by atoms with E-state index in [4.69, 9.17) is 14.3 Å². The molecular weight excluding hydrogens is 275 g/mol. The van der Waals surface area contributed by atoms with Crippen LogP contribution < -0.4 is 0 Å². The van der Waals surface area contributed by atoms with Gasteiger partial charge in [-0.15, -0.1) is 0 Å². The Balaban J connectivity index is 2.02. The average molecular weight is 294 g/mol. The summed E-state index contributed by atoms with van der Waals surface area (Å²) in [6.45, 7) is 2.34. The fourth-order valence-electron chi connectivity index (χ4n) is 1.95. The second-order valence-electron chi connectivity index (χ2n) is 4.62. The van der Waals surface area contributed by atoms with Crippen LogP contribution in [0.5, 0.6) is 0 Å². The lowest BCUT2D eigenvalue weighted by Crippen LogP contribution is -2.29. The Morgan fingerprint density at radius 2 is 2.05 bits per heavy atom. The van der Waals surface area contributed by atoms with Crippen molar-refractivity contribution in [3.05, 3.63) is 42.2 Å². The highest BCUT2D eigenvalue weighted by molar-refractivity contribution is 5.55. The first kappa shape index (κ1) is 15.6. The van der Waals surface area contributed by atoms with E-state index >= 15 is 0 Å². The number of ether oxygens (including phenoxy) is 1. The molecule has 0 fully saturated rings. The number of halogens is 1. The van der Waals surface area contributed by atoms with E-state index in [1.165, 1.54) is 12.1 Å². The van der Waals surface area contributed by atoms with E-state index in [0.29, 0.717) is 37.9 Å². The number of rotatable bonds is 8. The lowest BCUT2D eigenvalue weighted by atomic mass is 10.2. The smallest absolute Gasteiger partial charge is 0.209 e. The lowest BCUT2D eigenvalue weighted by molar-refractivity contribution is 0.121. The zero-order valence-electron chi connectivity index (χ0n) is 12.0. The van der Waals surface area contributed by atoms with Gasteiger partial charge < -0.3 is 14.3 Å². The summed E-state index contributed by atoms with van der Waals surface area (Å²) in [5.41, 5.74) is 0.778. The number of nitrogens with zero attached hydrogens (tertiary/aromatic N) is 2. The SMILES string of the molecule is COCCN(CCO)Cc1ncc(-c2ccc(F)cc2)o1. The molecule has 0 unspecified atom stereocenters. The number of hydrogen-bond donors (Lipinski definition) is 1. The number of aliphatic hydroxyl groups excluding tert-OH is 1. The molecule has 0 atom stereocenters. The fraction of sp³-hybridized carbons (Fsp3) is 0.400. The zero-order chi connectivity index (χ0) is 15.1. The third-order valence-corrected chi connectivity index (χ3v) is 3.07. The van der Waals surface area contributed by atoms with Gasteiger partial charge in [0, 0.05) is 25.8 Å². The molecule has 0 aliphatic heterocycles. The molecule has 1 aromatic heterocycles. The highest BCUT2D eigenvalue weighted by Crippen LogP contribution is 2.21. The first-order valence-corrected chi connectivity index (χ1v) is 6.75. The van der Waals surface area contributed by atoms with Crippen LogP contribution in [0.1, 0.15) is 5.89 Å². The normalized spacial score (nSPS) is 11.2. The Labute approximate surface area is 123 Å². The first-order chi connectivity index (χ1) is 10.2. The van der Waals surface area contributed by atoms with Gasteiger partial charge in [-0.1, -0.05) is 0 Å². The van der Waals surface area contributed by atoms with Crippen molar-refractivity contribution in [2.45, 2.75) is 6.54 Å². The van der Waals surface area contributed by atoms with Crippen LogP contribution in [0.25, 0.3) is 11.3 Å². The molecule has 0 aliphatic carbocycles. The molecular formula is C15H19FN2O3. The molecule has 5 nitrogen and oxygen atoms in total. The maximum absolute atomic E-state index is 12.9. The molecule has 0 radical (unpaired) electrons. The number of hydrogen-bond acceptors (Lipinski definition) is 5. The van der Waals surface area contributed by atoms with Gasteiger partial charge >= 0.3 is 0 Å². The maximum Gasteiger partial charge on any atom is 0.209 e. The standard InChI is InChI=1S/C15H19FN2O3/c1-20-9-7-18(6-8-19)11-15-17-10-14(21-15)12-2-4-13(16)5-3-12/h2-5,10,19H,6-9,11H2,1H3. The average Bonchev–Trinajstić information content (AvgIpc) is 2.94. The molecule has 6 heteroatoms. The Hall–Kier alpha value is -1.76. The highest BCUT2D eigenvalue weighted by atomic mass is 19.1. The van der Waals surface area contributed by atoms with Crippen LogP contribution in [0.2, 0.25) is 0 Å². The summed E-state index contributed by atoms with van der Waals surface area (Å²) in [4.78, 5) is 6.21. The number of aromatic nitrogens is 1. The minimum absolute atomic E-state index is 0.0647. The van der Waals surface area contributed by atoms with Gasteiger partial charge in [0.1, 0.15) is 5.82 Å². The van der Waals surface area contributed by atoms with E-state index in [1.807, 2.05) is 4.90 Å². The van der Waals surface area contributed by atoms with Gasteiger partial charge in [0.15, 0.2) is 5.76 Å². The van der Waals surface area contributed by atoms with E-state index in [-0.39, 0.29) is 12.4 Å². The summed E-state index contributed by atoms with van der Waals surface area (Å²) >= 11 is 0. The summed E-state index contributed by atoms with van der Waals surface area (Å²) in [7, 11) is 1.63. The molecule has 0 bridgehead atoms. The molecule has 0 saturated heterocycles. The monoisotopic (exact) mass is 294 g/mol. The van der Waals surface area contributed by atoms with Gasteiger partial charge in [0.25, 0.3) is 0 Å². The van der Waals surface area contributed by atoms with E-state index in [0.717, 1.165) is 5.56 Å². The molecule has 0 spiro atoms. The number of benzene rings is 1. The molecule has 2 aromatic rings. The molecule has 114 valence electrons. The minimum Gasteiger partial charge on any atom is -0.439 e. The van der Waals surface area contributed by atoms with E-state index in [1.54, 1.807) is 25.4 Å². The summed E-state index contributed by atoms with van der Waals surface area (Å²) in [6, 6.07) is 6.06. The molecule has 1 N–H and O–H groups in total. The third-order valence-electron chi connectivity index (χ3n) is 3.07. The molecule has 21 heavy (non-hydrogen) atoms. The molecule has 0 amide bonds. The van der Waals surface area contributed by atoms with E-state index in [9.17, 15) is 4.39 Å². The quantitative estimate of drug-likeness (QED) is 0.806. The summed E-state index contributed by atoms with van der Waals surface area (Å²) in [6.07, 6.45) is 1.62. The third kappa shape index (κ3) is 4.63. The Bertz CT molecular complexity index is 542. The van der Waals surface area contributed by atoms with Gasteiger partial charge in [-0.3, -0.25) is 4.90 Å². The van der Waals surface area contributed by atoms with Gasteiger partial charge in [-0.2, -0.15) is 0 Å². The molecule has 0 aliphatic rings. The minimum atomic E-state index is -0.285. The van der Waals surface area contributed by atoms with Gasteiger partial charge in [0.05, 0.1) is 26.0 Å². The van der Waals surface area contributed by atoms with Crippen molar-refractivity contribution in [3.63, 3.8) is 0 Å². The summed E-state index contributed by atoms with van der Waals surface area (Å²) in [5.74, 6) is 0.867. The Kier molecular flexibility index (Phi) is 5.86. The second kappa shape index (κ2) is 7.87. The Morgan fingerprint density at radius 1 is 1.29 bits per heavy atom. The van der Waals surface area contributed by atoms with Crippen LogP contribution in [0.3, 0.4) is 0 Å². The van der Waals surface area contributed by atoms with Crippen LogP contribution in [0.15, 0.2) is 34.9 Å². The predicted molar refractivity (Wildman–Crippen MR) is 76.1 cm³/mol. The zero-order valence-corrected chi connectivity index (χ0v) is 12.0. The molecule has 2 rings (SSSR count). The van der Waals surface area contributed by atoms with Gasteiger partial charge in [0.2, 0.25) is 5.89 Å².